The molecule has 6 rings (SSSR count). The van der Waals surface area contributed by atoms with E-state index in [0.717, 1.165) is 44.1 Å². The minimum Gasteiger partial charge on any atom is -0.457 e. The third-order valence-electron chi connectivity index (χ3n) is 11.5. The summed E-state index contributed by atoms with van der Waals surface area (Å²) < 4.78 is 19.0. The van der Waals surface area contributed by atoms with Gasteiger partial charge in [0.1, 0.15) is 0 Å². The van der Waals surface area contributed by atoms with E-state index in [4.69, 9.17) is 14.2 Å². The van der Waals surface area contributed by atoms with Crippen LogP contribution < -0.4 is 0 Å². The summed E-state index contributed by atoms with van der Waals surface area (Å²) in [7, 11) is 0. The number of aliphatic hydroxyl groups is 1. The van der Waals surface area contributed by atoms with Crippen LogP contribution in [0.3, 0.4) is 0 Å². The van der Waals surface area contributed by atoms with Gasteiger partial charge in [0.2, 0.25) is 5.78 Å². The average Bonchev–Trinajstić information content (AvgIpc) is 3.41. The summed E-state index contributed by atoms with van der Waals surface area (Å²) in [5.74, 6) is -0.471. The molecule has 1 N–H and O–H groups in total. The van der Waals surface area contributed by atoms with Gasteiger partial charge in [0.25, 0.3) is 0 Å². The van der Waals surface area contributed by atoms with E-state index in [2.05, 4.69) is 13.8 Å². The number of aliphatic hydroxyl groups excluding tert-OH is 1. The Morgan fingerprint density at radius 3 is 2.62 bits per heavy atom. The zero-order valence-electron chi connectivity index (χ0n) is 23.8. The molecule has 1 aliphatic heterocycles. The number of allylic oxidation sites excluding steroid dienone is 4. The molecule has 1 heterocycles. The van der Waals surface area contributed by atoms with Gasteiger partial charge in [-0.3, -0.25) is 14.4 Å². The van der Waals surface area contributed by atoms with Crippen LogP contribution in [0.5, 0.6) is 0 Å². The lowest BCUT2D eigenvalue weighted by Gasteiger charge is -2.59. The van der Waals surface area contributed by atoms with Crippen LogP contribution in [0.15, 0.2) is 23.8 Å². The molecule has 5 fully saturated rings. The lowest BCUT2D eigenvalue weighted by molar-refractivity contribution is -0.210. The average molecular weight is 541 g/mol. The summed E-state index contributed by atoms with van der Waals surface area (Å²) in [5.41, 5.74) is -1.19. The van der Waals surface area contributed by atoms with E-state index in [0.29, 0.717) is 12.8 Å². The van der Waals surface area contributed by atoms with E-state index >= 15 is 0 Å². The lowest BCUT2D eigenvalue weighted by Crippen LogP contribution is -2.63. The highest BCUT2D eigenvalue weighted by Gasteiger charge is 2.76. The number of Topliss-reactive ketones (excluding diaryl/α,β-unsaturated/α-hetero) is 1. The van der Waals surface area contributed by atoms with E-state index in [1.54, 1.807) is 26.0 Å². The molecule has 214 valence electrons. The molecule has 0 spiro atoms. The maximum absolute atomic E-state index is 14.2. The molecule has 7 heteroatoms. The topological polar surface area (TPSA) is 99.1 Å². The third kappa shape index (κ3) is 3.97. The van der Waals surface area contributed by atoms with Crippen molar-refractivity contribution in [2.45, 2.75) is 110 Å². The minimum absolute atomic E-state index is 0.0162. The second-order valence-electron chi connectivity index (χ2n) is 13.9. The van der Waals surface area contributed by atoms with E-state index in [1.165, 1.54) is 6.42 Å². The molecule has 1 saturated heterocycles. The fourth-order valence-corrected chi connectivity index (χ4v) is 9.62. The molecule has 0 radical (unpaired) electrons. The molecule has 7 nitrogen and oxygen atoms in total. The van der Waals surface area contributed by atoms with Crippen molar-refractivity contribution in [3.05, 3.63) is 23.8 Å². The van der Waals surface area contributed by atoms with Crippen LogP contribution in [0.4, 0.5) is 0 Å². The van der Waals surface area contributed by atoms with Crippen LogP contribution in [0.25, 0.3) is 0 Å². The van der Waals surface area contributed by atoms with Crippen LogP contribution in [0.1, 0.15) is 85.5 Å². The van der Waals surface area contributed by atoms with Gasteiger partial charge in [-0.1, -0.05) is 58.6 Å². The molecule has 0 aromatic rings. The number of ether oxygens (including phenoxy) is 3. The fraction of sp³-hybridized carbons (Fsp3) is 0.781. The van der Waals surface area contributed by atoms with Crippen LogP contribution in [0.2, 0.25) is 0 Å². The van der Waals surface area contributed by atoms with Crippen molar-refractivity contribution < 1.29 is 33.7 Å². The maximum atomic E-state index is 14.2. The standard InChI is InChI=1S/C32H44O7/c1-18(2)28(36)37-17-25(35)32-26(38-29(39-32)19-8-6-5-7-9-19)15-23-22-11-10-20-14-21(33)12-13-30(20,3)27(22)24(34)16-31(23,32)4/h12-14,18-19,22-24,26-27,29,34H,5-11,15-17H2,1-4H3/t22-,23+,24?,26-,27+,29?,30+,31+,32-/m1/s1. The highest BCUT2D eigenvalue weighted by Crippen LogP contribution is 2.70. The highest BCUT2D eigenvalue weighted by molar-refractivity contribution is 6.01. The Labute approximate surface area is 231 Å². The SMILES string of the molecule is CC(C)C(=O)OCC(=O)[C@@]12OC(C3CCCCC3)O[C@@H]1C[C@H]1[C@H]3CCC4=CC(=O)C=C[C@]4(C)[C@@H]3C(O)C[C@@]12C. The van der Waals surface area contributed by atoms with Crippen molar-refractivity contribution >= 4 is 17.5 Å². The molecular formula is C32H44O7. The Bertz CT molecular complexity index is 1100. The summed E-state index contributed by atoms with van der Waals surface area (Å²) in [5, 5.41) is 11.9. The van der Waals surface area contributed by atoms with E-state index in [1.807, 2.05) is 6.08 Å². The number of hydrogen-bond acceptors (Lipinski definition) is 7. The second-order valence-corrected chi connectivity index (χ2v) is 13.9. The van der Waals surface area contributed by atoms with E-state index in [-0.39, 0.29) is 53.2 Å². The van der Waals surface area contributed by atoms with E-state index < -0.39 is 35.5 Å². The van der Waals surface area contributed by atoms with Crippen LogP contribution in [-0.2, 0) is 28.6 Å². The zero-order chi connectivity index (χ0) is 27.7. The van der Waals surface area contributed by atoms with Gasteiger partial charge in [-0.2, -0.15) is 0 Å². The summed E-state index contributed by atoms with van der Waals surface area (Å²) >= 11 is 0. The molecule has 9 atom stereocenters. The summed E-state index contributed by atoms with van der Waals surface area (Å²) in [6.07, 6.45) is 12.2. The summed E-state index contributed by atoms with van der Waals surface area (Å²) in [6.45, 7) is 7.44. The van der Waals surface area contributed by atoms with Gasteiger partial charge in [0.05, 0.1) is 18.1 Å². The predicted molar refractivity (Wildman–Crippen MR) is 143 cm³/mol. The van der Waals surface area contributed by atoms with E-state index in [9.17, 15) is 19.5 Å². The van der Waals surface area contributed by atoms with Crippen molar-refractivity contribution in [2.24, 2.45) is 40.4 Å². The molecule has 4 saturated carbocycles. The Morgan fingerprint density at radius 2 is 1.90 bits per heavy atom. The normalized spacial score (nSPS) is 45.3. The predicted octanol–water partition coefficient (Wildman–Crippen LogP) is 4.70. The largest absolute Gasteiger partial charge is 0.457 e. The van der Waals surface area contributed by atoms with Crippen molar-refractivity contribution in [3.8, 4) is 0 Å². The number of esters is 1. The van der Waals surface area contributed by atoms with Crippen molar-refractivity contribution in [1.29, 1.82) is 0 Å². The van der Waals surface area contributed by atoms with Crippen LogP contribution in [0, 0.1) is 40.4 Å². The second kappa shape index (κ2) is 9.63. The monoisotopic (exact) mass is 540 g/mol. The molecule has 39 heavy (non-hydrogen) atoms. The van der Waals surface area contributed by atoms with Gasteiger partial charge < -0.3 is 19.3 Å². The van der Waals surface area contributed by atoms with Crippen LogP contribution >= 0.6 is 0 Å². The minimum atomic E-state index is -1.25. The van der Waals surface area contributed by atoms with Gasteiger partial charge in [0.15, 0.2) is 24.3 Å². The Balaban J connectivity index is 1.35. The molecule has 2 unspecified atom stereocenters. The van der Waals surface area contributed by atoms with Gasteiger partial charge >= 0.3 is 5.97 Å². The Morgan fingerprint density at radius 1 is 1.15 bits per heavy atom. The quantitative estimate of drug-likeness (QED) is 0.505. The smallest absolute Gasteiger partial charge is 0.308 e. The first-order valence-corrected chi connectivity index (χ1v) is 15.2. The first-order valence-electron chi connectivity index (χ1n) is 15.2. The van der Waals surface area contributed by atoms with Gasteiger partial charge in [0, 0.05) is 22.7 Å². The van der Waals surface area contributed by atoms with Crippen molar-refractivity contribution in [1.82, 2.24) is 0 Å². The van der Waals surface area contributed by atoms with Gasteiger partial charge in [-0.25, -0.2) is 0 Å². The van der Waals surface area contributed by atoms with Crippen molar-refractivity contribution in [2.75, 3.05) is 6.61 Å². The fourth-order valence-electron chi connectivity index (χ4n) is 9.62. The first kappa shape index (κ1) is 27.3. The highest BCUT2D eigenvalue weighted by atomic mass is 16.7. The van der Waals surface area contributed by atoms with Gasteiger partial charge in [-0.05, 0) is 62.5 Å². The molecule has 0 amide bonds. The lowest BCUT2D eigenvalue weighted by atomic mass is 9.46. The maximum Gasteiger partial charge on any atom is 0.308 e. The molecule has 0 bridgehead atoms. The molecule has 0 aromatic carbocycles. The summed E-state index contributed by atoms with van der Waals surface area (Å²) in [6, 6.07) is 0. The third-order valence-corrected chi connectivity index (χ3v) is 11.5. The first-order chi connectivity index (χ1) is 18.5. The molecular weight excluding hydrogens is 496 g/mol. The number of ketones is 2. The number of fused-ring (bicyclic) bond motifs is 7. The molecule has 6 aliphatic rings. The number of carbonyl (C=O) groups is 3. The summed E-state index contributed by atoms with van der Waals surface area (Å²) in [4.78, 5) is 38.7. The number of hydrogen-bond donors (Lipinski definition) is 1. The Hall–Kier alpha value is -1.83. The van der Waals surface area contributed by atoms with Gasteiger partial charge in [-0.15, -0.1) is 0 Å². The molecule has 0 aromatic heterocycles. The molecule has 5 aliphatic carbocycles. The number of rotatable bonds is 5. The zero-order valence-corrected chi connectivity index (χ0v) is 23.8. The van der Waals surface area contributed by atoms with Crippen molar-refractivity contribution in [3.63, 3.8) is 0 Å². The number of carbonyl (C=O) groups excluding carboxylic acids is 3. The van der Waals surface area contributed by atoms with Crippen LogP contribution in [-0.4, -0.2) is 53.3 Å². The Kier molecular flexibility index (Phi) is 6.75.